The summed E-state index contributed by atoms with van der Waals surface area (Å²) in [5.41, 5.74) is 7.62. The van der Waals surface area contributed by atoms with Gasteiger partial charge in [-0.2, -0.15) is 11.8 Å². The van der Waals surface area contributed by atoms with Crippen molar-refractivity contribution in [2.75, 3.05) is 29.5 Å². The van der Waals surface area contributed by atoms with E-state index in [0.29, 0.717) is 5.25 Å². The standard InChI is InChI=1S/C11H17N3S/c1-8-5-10(12)6-13-11(8)14-3-4-15-9(2)7-14/h5-6,9H,3-4,7,12H2,1-2H3. The van der Waals surface area contributed by atoms with E-state index >= 15 is 0 Å². The molecule has 4 heteroatoms. The molecular weight excluding hydrogens is 206 g/mol. The maximum Gasteiger partial charge on any atom is 0.131 e. The fraction of sp³-hybridized carbons (Fsp3) is 0.545. The lowest BCUT2D eigenvalue weighted by Gasteiger charge is -2.32. The molecule has 1 aromatic heterocycles. The molecule has 1 fully saturated rings. The molecule has 1 aliphatic heterocycles. The van der Waals surface area contributed by atoms with E-state index in [0.717, 1.165) is 24.6 Å². The van der Waals surface area contributed by atoms with Crippen LogP contribution in [0.2, 0.25) is 0 Å². The number of rotatable bonds is 1. The molecule has 1 aromatic rings. The molecule has 15 heavy (non-hydrogen) atoms. The zero-order valence-corrected chi connectivity index (χ0v) is 10.0. The van der Waals surface area contributed by atoms with E-state index in [1.807, 2.05) is 17.8 Å². The van der Waals surface area contributed by atoms with Gasteiger partial charge in [-0.1, -0.05) is 6.92 Å². The molecule has 0 aromatic carbocycles. The molecule has 2 rings (SSSR count). The van der Waals surface area contributed by atoms with E-state index in [2.05, 4.69) is 23.7 Å². The third-order valence-corrected chi connectivity index (χ3v) is 3.75. The number of aromatic nitrogens is 1. The van der Waals surface area contributed by atoms with E-state index < -0.39 is 0 Å². The minimum absolute atomic E-state index is 0.692. The number of nitrogen functional groups attached to an aromatic ring is 1. The summed E-state index contributed by atoms with van der Waals surface area (Å²) in [6, 6.07) is 1.99. The summed E-state index contributed by atoms with van der Waals surface area (Å²) in [7, 11) is 0. The van der Waals surface area contributed by atoms with Gasteiger partial charge in [0.15, 0.2) is 0 Å². The molecule has 0 radical (unpaired) electrons. The van der Waals surface area contributed by atoms with Crippen molar-refractivity contribution in [3.63, 3.8) is 0 Å². The lowest BCUT2D eigenvalue weighted by atomic mass is 10.2. The summed E-state index contributed by atoms with van der Waals surface area (Å²) in [6.07, 6.45) is 1.74. The van der Waals surface area contributed by atoms with Crippen molar-refractivity contribution in [3.8, 4) is 0 Å². The summed E-state index contributed by atoms with van der Waals surface area (Å²) in [5, 5.41) is 0.692. The van der Waals surface area contributed by atoms with Crippen molar-refractivity contribution in [3.05, 3.63) is 17.8 Å². The lowest BCUT2D eigenvalue weighted by molar-refractivity contribution is 0.767. The van der Waals surface area contributed by atoms with Crippen LogP contribution in [-0.2, 0) is 0 Å². The summed E-state index contributed by atoms with van der Waals surface area (Å²) in [5.74, 6) is 2.28. The molecule has 0 spiro atoms. The second-order valence-electron chi connectivity index (χ2n) is 4.04. The van der Waals surface area contributed by atoms with E-state index in [4.69, 9.17) is 5.73 Å². The van der Waals surface area contributed by atoms with Gasteiger partial charge in [0.1, 0.15) is 5.82 Å². The number of hydrogen-bond acceptors (Lipinski definition) is 4. The van der Waals surface area contributed by atoms with Crippen LogP contribution in [0.1, 0.15) is 12.5 Å². The minimum atomic E-state index is 0.692. The van der Waals surface area contributed by atoms with Gasteiger partial charge in [-0.25, -0.2) is 4.98 Å². The Labute approximate surface area is 95.1 Å². The van der Waals surface area contributed by atoms with Crippen LogP contribution in [0.25, 0.3) is 0 Å². The summed E-state index contributed by atoms with van der Waals surface area (Å²) in [6.45, 7) is 6.52. The van der Waals surface area contributed by atoms with Crippen LogP contribution in [0.15, 0.2) is 12.3 Å². The van der Waals surface area contributed by atoms with Gasteiger partial charge in [0.05, 0.1) is 11.9 Å². The van der Waals surface area contributed by atoms with Gasteiger partial charge in [0.2, 0.25) is 0 Å². The van der Waals surface area contributed by atoms with E-state index in [-0.39, 0.29) is 0 Å². The molecule has 82 valence electrons. The third kappa shape index (κ3) is 2.37. The van der Waals surface area contributed by atoms with Crippen LogP contribution in [0.5, 0.6) is 0 Å². The van der Waals surface area contributed by atoms with Crippen molar-refractivity contribution in [2.45, 2.75) is 19.1 Å². The van der Waals surface area contributed by atoms with Crippen LogP contribution in [-0.4, -0.2) is 29.1 Å². The Bertz CT molecular complexity index is 354. The van der Waals surface area contributed by atoms with Crippen LogP contribution >= 0.6 is 11.8 Å². The fourth-order valence-corrected chi connectivity index (χ4v) is 2.94. The van der Waals surface area contributed by atoms with Crippen molar-refractivity contribution < 1.29 is 0 Å². The molecule has 3 nitrogen and oxygen atoms in total. The highest BCUT2D eigenvalue weighted by atomic mass is 32.2. The number of nitrogens with zero attached hydrogens (tertiary/aromatic N) is 2. The van der Waals surface area contributed by atoms with Crippen molar-refractivity contribution in [2.24, 2.45) is 0 Å². The van der Waals surface area contributed by atoms with Crippen LogP contribution in [0.4, 0.5) is 11.5 Å². The average Bonchev–Trinajstić information content (AvgIpc) is 2.17. The Kier molecular flexibility index (Phi) is 3.05. The van der Waals surface area contributed by atoms with Crippen LogP contribution in [0.3, 0.4) is 0 Å². The SMILES string of the molecule is Cc1cc(N)cnc1N1CCSC(C)C1. The Morgan fingerprint density at radius 3 is 3.07 bits per heavy atom. The number of nitrogens with two attached hydrogens (primary N) is 1. The number of thioether (sulfide) groups is 1. The highest BCUT2D eigenvalue weighted by Crippen LogP contribution is 2.25. The molecule has 1 atom stereocenters. The second kappa shape index (κ2) is 4.31. The molecule has 1 unspecified atom stereocenters. The third-order valence-electron chi connectivity index (χ3n) is 2.61. The molecule has 1 saturated heterocycles. The molecule has 1 aliphatic rings. The Hall–Kier alpha value is -0.900. The largest absolute Gasteiger partial charge is 0.397 e. The smallest absolute Gasteiger partial charge is 0.131 e. The predicted octanol–water partition coefficient (Wildman–Crippen LogP) is 1.91. The molecule has 2 N–H and O–H groups in total. The molecule has 0 amide bonds. The first-order valence-corrected chi connectivity index (χ1v) is 6.30. The van der Waals surface area contributed by atoms with Gasteiger partial charge >= 0.3 is 0 Å². The van der Waals surface area contributed by atoms with Gasteiger partial charge in [-0.05, 0) is 18.6 Å². The monoisotopic (exact) mass is 223 g/mol. The van der Waals surface area contributed by atoms with Crippen LogP contribution < -0.4 is 10.6 Å². The molecule has 0 saturated carbocycles. The maximum absolute atomic E-state index is 5.70. The zero-order valence-electron chi connectivity index (χ0n) is 9.23. The van der Waals surface area contributed by atoms with E-state index in [1.54, 1.807) is 6.20 Å². The van der Waals surface area contributed by atoms with Crippen molar-refractivity contribution >= 4 is 23.3 Å². The van der Waals surface area contributed by atoms with Gasteiger partial charge in [0.25, 0.3) is 0 Å². The molecule has 0 bridgehead atoms. The summed E-state index contributed by atoms with van der Waals surface area (Å²) in [4.78, 5) is 6.78. The van der Waals surface area contributed by atoms with Gasteiger partial charge in [0, 0.05) is 24.1 Å². The highest BCUT2D eigenvalue weighted by molar-refractivity contribution is 8.00. The quantitative estimate of drug-likeness (QED) is 0.790. The first kappa shape index (κ1) is 10.6. The molecule has 0 aliphatic carbocycles. The van der Waals surface area contributed by atoms with Crippen molar-refractivity contribution in [1.82, 2.24) is 4.98 Å². The van der Waals surface area contributed by atoms with Crippen LogP contribution in [0, 0.1) is 6.92 Å². The Balaban J connectivity index is 2.21. The number of hydrogen-bond donors (Lipinski definition) is 1. The number of anilines is 2. The number of pyridine rings is 1. The summed E-state index contributed by atoms with van der Waals surface area (Å²) < 4.78 is 0. The van der Waals surface area contributed by atoms with Gasteiger partial charge in [-0.15, -0.1) is 0 Å². The zero-order chi connectivity index (χ0) is 10.8. The Morgan fingerprint density at radius 2 is 2.40 bits per heavy atom. The maximum atomic E-state index is 5.70. The van der Waals surface area contributed by atoms with E-state index in [1.165, 1.54) is 11.3 Å². The molecular formula is C11H17N3S. The van der Waals surface area contributed by atoms with Gasteiger partial charge in [-0.3, -0.25) is 0 Å². The lowest BCUT2D eigenvalue weighted by Crippen LogP contribution is -2.37. The molecule has 2 heterocycles. The minimum Gasteiger partial charge on any atom is -0.397 e. The Morgan fingerprint density at radius 1 is 1.60 bits per heavy atom. The van der Waals surface area contributed by atoms with Crippen molar-refractivity contribution in [1.29, 1.82) is 0 Å². The average molecular weight is 223 g/mol. The second-order valence-corrected chi connectivity index (χ2v) is 5.58. The first-order valence-electron chi connectivity index (χ1n) is 5.25. The highest BCUT2D eigenvalue weighted by Gasteiger charge is 2.19. The summed E-state index contributed by atoms with van der Waals surface area (Å²) >= 11 is 2.03. The first-order chi connectivity index (χ1) is 7.16. The predicted molar refractivity (Wildman–Crippen MR) is 67.5 cm³/mol. The number of aryl methyl sites for hydroxylation is 1. The normalized spacial score (nSPS) is 21.7. The van der Waals surface area contributed by atoms with Gasteiger partial charge < -0.3 is 10.6 Å². The topological polar surface area (TPSA) is 42.1 Å². The van der Waals surface area contributed by atoms with E-state index in [9.17, 15) is 0 Å². The fourth-order valence-electron chi connectivity index (χ4n) is 1.93.